The fraction of sp³-hybridized carbons (Fsp3) is 0.389. The summed E-state index contributed by atoms with van der Waals surface area (Å²) in [7, 11) is 1.31. The first-order chi connectivity index (χ1) is 11.0. The summed E-state index contributed by atoms with van der Waals surface area (Å²) in [4.78, 5) is 13.5. The predicted molar refractivity (Wildman–Crippen MR) is 85.4 cm³/mol. The van der Waals surface area contributed by atoms with Crippen LogP contribution < -0.4 is 0 Å². The highest BCUT2D eigenvalue weighted by Gasteiger charge is 2.16. The lowest BCUT2D eigenvalue weighted by Crippen LogP contribution is -2.27. The zero-order chi connectivity index (χ0) is 16.8. The molecule has 0 spiro atoms. The molecular weight excluding hydrogens is 297 g/mol. The van der Waals surface area contributed by atoms with Crippen molar-refractivity contribution in [3.8, 4) is 0 Å². The van der Waals surface area contributed by atoms with Crippen LogP contribution in [-0.4, -0.2) is 24.5 Å². The molecule has 0 bridgehead atoms. The SMILES string of the molecule is COC(=O)c1ccc(CN(Cc2ccccc2F)CC(C)C)o1. The molecule has 1 heterocycles. The van der Waals surface area contributed by atoms with E-state index in [2.05, 4.69) is 23.5 Å². The maximum Gasteiger partial charge on any atom is 0.373 e. The zero-order valence-electron chi connectivity index (χ0n) is 13.7. The third kappa shape index (κ3) is 4.93. The van der Waals surface area contributed by atoms with Gasteiger partial charge in [0.2, 0.25) is 5.76 Å². The third-order valence-electron chi connectivity index (χ3n) is 3.40. The Balaban J connectivity index is 2.11. The number of hydrogen-bond donors (Lipinski definition) is 0. The number of methoxy groups -OCH3 is 1. The minimum Gasteiger partial charge on any atom is -0.463 e. The van der Waals surface area contributed by atoms with Crippen LogP contribution in [0, 0.1) is 11.7 Å². The average molecular weight is 319 g/mol. The number of benzene rings is 1. The Morgan fingerprint density at radius 2 is 1.96 bits per heavy atom. The number of carbonyl (C=O) groups is 1. The van der Waals surface area contributed by atoms with Gasteiger partial charge in [-0.3, -0.25) is 4.90 Å². The van der Waals surface area contributed by atoms with E-state index in [-0.39, 0.29) is 11.6 Å². The highest BCUT2D eigenvalue weighted by molar-refractivity contribution is 5.86. The number of rotatable bonds is 7. The summed E-state index contributed by atoms with van der Waals surface area (Å²) in [6.45, 7) is 6.00. The molecule has 1 aromatic heterocycles. The summed E-state index contributed by atoms with van der Waals surface area (Å²) in [5.74, 6) is 0.550. The van der Waals surface area contributed by atoms with Gasteiger partial charge in [0.25, 0.3) is 0 Å². The van der Waals surface area contributed by atoms with Crippen LogP contribution >= 0.6 is 0 Å². The lowest BCUT2D eigenvalue weighted by atomic mass is 10.1. The monoisotopic (exact) mass is 319 g/mol. The molecule has 0 saturated heterocycles. The van der Waals surface area contributed by atoms with E-state index in [0.717, 1.165) is 6.54 Å². The molecule has 0 atom stereocenters. The summed E-state index contributed by atoms with van der Waals surface area (Å²) in [5.41, 5.74) is 0.646. The molecule has 2 rings (SSSR count). The zero-order valence-corrected chi connectivity index (χ0v) is 13.7. The molecule has 0 radical (unpaired) electrons. The van der Waals surface area contributed by atoms with Crippen LogP contribution in [0.4, 0.5) is 4.39 Å². The van der Waals surface area contributed by atoms with Crippen LogP contribution in [0.3, 0.4) is 0 Å². The molecule has 0 unspecified atom stereocenters. The van der Waals surface area contributed by atoms with E-state index in [1.807, 2.05) is 6.07 Å². The van der Waals surface area contributed by atoms with Crippen molar-refractivity contribution in [1.29, 1.82) is 0 Å². The largest absolute Gasteiger partial charge is 0.463 e. The normalized spacial score (nSPS) is 11.2. The molecule has 0 N–H and O–H groups in total. The van der Waals surface area contributed by atoms with Crippen LogP contribution in [0.2, 0.25) is 0 Å². The van der Waals surface area contributed by atoms with Crippen LogP contribution in [0.15, 0.2) is 40.8 Å². The van der Waals surface area contributed by atoms with Crippen molar-refractivity contribution in [1.82, 2.24) is 4.90 Å². The van der Waals surface area contributed by atoms with Crippen LogP contribution in [-0.2, 0) is 17.8 Å². The van der Waals surface area contributed by atoms with E-state index in [4.69, 9.17) is 4.42 Å². The van der Waals surface area contributed by atoms with Crippen LogP contribution in [0.1, 0.15) is 35.7 Å². The van der Waals surface area contributed by atoms with E-state index >= 15 is 0 Å². The Morgan fingerprint density at radius 3 is 2.61 bits per heavy atom. The van der Waals surface area contributed by atoms with Crippen molar-refractivity contribution >= 4 is 5.97 Å². The highest BCUT2D eigenvalue weighted by atomic mass is 19.1. The van der Waals surface area contributed by atoms with Crippen molar-refractivity contribution in [2.45, 2.75) is 26.9 Å². The molecular formula is C18H22FNO3. The molecule has 0 aliphatic rings. The molecule has 2 aromatic rings. The Bertz CT molecular complexity index is 651. The maximum atomic E-state index is 13.9. The summed E-state index contributed by atoms with van der Waals surface area (Å²) in [6.07, 6.45) is 0. The van der Waals surface area contributed by atoms with E-state index in [1.165, 1.54) is 13.2 Å². The lowest BCUT2D eigenvalue weighted by molar-refractivity contribution is 0.0560. The fourth-order valence-electron chi connectivity index (χ4n) is 2.46. The van der Waals surface area contributed by atoms with Gasteiger partial charge in [0, 0.05) is 18.7 Å². The van der Waals surface area contributed by atoms with Gasteiger partial charge in [0.15, 0.2) is 0 Å². The van der Waals surface area contributed by atoms with Crippen molar-refractivity contribution in [2.24, 2.45) is 5.92 Å². The van der Waals surface area contributed by atoms with Crippen molar-refractivity contribution in [3.63, 3.8) is 0 Å². The molecule has 5 heteroatoms. The third-order valence-corrected chi connectivity index (χ3v) is 3.40. The predicted octanol–water partition coefficient (Wildman–Crippen LogP) is 3.86. The second-order valence-corrected chi connectivity index (χ2v) is 5.91. The Hall–Kier alpha value is -2.14. The van der Waals surface area contributed by atoms with Crippen molar-refractivity contribution < 1.29 is 18.3 Å². The van der Waals surface area contributed by atoms with Crippen molar-refractivity contribution in [2.75, 3.05) is 13.7 Å². The number of halogens is 1. The number of nitrogens with zero attached hydrogens (tertiary/aromatic N) is 1. The molecule has 124 valence electrons. The molecule has 0 fully saturated rings. The van der Waals surface area contributed by atoms with Gasteiger partial charge in [-0.1, -0.05) is 32.0 Å². The van der Waals surface area contributed by atoms with Gasteiger partial charge in [-0.05, 0) is 24.1 Å². The Morgan fingerprint density at radius 1 is 1.22 bits per heavy atom. The quantitative estimate of drug-likeness (QED) is 0.727. The summed E-state index contributed by atoms with van der Waals surface area (Å²) in [5, 5.41) is 0. The molecule has 0 saturated carbocycles. The number of hydrogen-bond acceptors (Lipinski definition) is 4. The summed E-state index contributed by atoms with van der Waals surface area (Å²) in [6, 6.07) is 10.1. The number of ether oxygens (including phenoxy) is 1. The number of esters is 1. The van der Waals surface area contributed by atoms with Gasteiger partial charge in [-0.25, -0.2) is 9.18 Å². The van der Waals surface area contributed by atoms with Crippen molar-refractivity contribution in [3.05, 3.63) is 59.3 Å². The minimum atomic E-state index is -0.499. The minimum absolute atomic E-state index is 0.179. The Kier molecular flexibility index (Phi) is 5.93. The van der Waals surface area contributed by atoms with Gasteiger partial charge in [-0.15, -0.1) is 0 Å². The van der Waals surface area contributed by atoms with Gasteiger partial charge in [-0.2, -0.15) is 0 Å². The molecule has 4 nitrogen and oxygen atoms in total. The fourth-order valence-corrected chi connectivity index (χ4v) is 2.46. The lowest BCUT2D eigenvalue weighted by Gasteiger charge is -2.23. The van der Waals surface area contributed by atoms with Gasteiger partial charge in [0.05, 0.1) is 13.7 Å². The van der Waals surface area contributed by atoms with E-state index in [1.54, 1.807) is 24.3 Å². The van der Waals surface area contributed by atoms with Gasteiger partial charge >= 0.3 is 5.97 Å². The highest BCUT2D eigenvalue weighted by Crippen LogP contribution is 2.16. The molecule has 23 heavy (non-hydrogen) atoms. The topological polar surface area (TPSA) is 42.7 Å². The second-order valence-electron chi connectivity index (χ2n) is 5.91. The standard InChI is InChI=1S/C18H22FNO3/c1-13(2)10-20(11-14-6-4-5-7-16(14)19)12-15-8-9-17(23-15)18(21)22-3/h4-9,13H,10-12H2,1-3H3. The maximum absolute atomic E-state index is 13.9. The first-order valence-electron chi connectivity index (χ1n) is 7.62. The second kappa shape index (κ2) is 7.92. The summed E-state index contributed by atoms with van der Waals surface area (Å²) >= 11 is 0. The smallest absolute Gasteiger partial charge is 0.373 e. The summed E-state index contributed by atoms with van der Waals surface area (Å²) < 4.78 is 24.0. The van der Waals surface area contributed by atoms with Crippen LogP contribution in [0.5, 0.6) is 0 Å². The van der Waals surface area contributed by atoms with E-state index < -0.39 is 5.97 Å². The first kappa shape index (κ1) is 17.2. The Labute approximate surface area is 135 Å². The molecule has 1 aromatic carbocycles. The average Bonchev–Trinajstić information content (AvgIpc) is 2.96. The molecule has 0 aliphatic carbocycles. The number of furan rings is 1. The van der Waals surface area contributed by atoms with E-state index in [9.17, 15) is 9.18 Å². The van der Waals surface area contributed by atoms with Gasteiger partial charge < -0.3 is 9.15 Å². The van der Waals surface area contributed by atoms with Crippen LogP contribution in [0.25, 0.3) is 0 Å². The van der Waals surface area contributed by atoms with Gasteiger partial charge in [0.1, 0.15) is 11.6 Å². The molecule has 0 amide bonds. The number of carbonyl (C=O) groups excluding carboxylic acids is 1. The molecule has 0 aliphatic heterocycles. The first-order valence-corrected chi connectivity index (χ1v) is 7.62. The van der Waals surface area contributed by atoms with E-state index in [0.29, 0.717) is 30.3 Å².